The van der Waals surface area contributed by atoms with Gasteiger partial charge in [0.05, 0.1) is 29.8 Å². The predicted molar refractivity (Wildman–Crippen MR) is 145 cm³/mol. The van der Waals surface area contributed by atoms with E-state index in [0.29, 0.717) is 13.0 Å². The first-order chi connectivity index (χ1) is 17.5. The molecule has 0 aromatic heterocycles. The summed E-state index contributed by atoms with van der Waals surface area (Å²) in [7, 11) is 5.51. The van der Waals surface area contributed by atoms with Crippen molar-refractivity contribution in [2.45, 2.75) is 116 Å². The normalized spacial score (nSPS) is 42.8. The van der Waals surface area contributed by atoms with Crippen molar-refractivity contribution in [3.05, 3.63) is 0 Å². The van der Waals surface area contributed by atoms with E-state index in [-0.39, 0.29) is 54.7 Å². The summed E-state index contributed by atoms with van der Waals surface area (Å²) < 4.78 is 12.4. The molecule has 0 radical (unpaired) electrons. The Hall–Kier alpha value is -1.30. The molecule has 0 saturated carbocycles. The molecule has 0 aromatic carbocycles. The van der Waals surface area contributed by atoms with Gasteiger partial charge < -0.3 is 39.9 Å². The molecule has 2 amide bonds. The number of rotatable bonds is 4. The Labute approximate surface area is 229 Å². The van der Waals surface area contributed by atoms with Gasteiger partial charge in [0.25, 0.3) is 0 Å². The largest absolute Gasteiger partial charge is 0.392 e. The molecule has 10 nitrogen and oxygen atoms in total. The summed E-state index contributed by atoms with van der Waals surface area (Å²) in [5.74, 6) is -2.03. The fourth-order valence-corrected chi connectivity index (χ4v) is 5.99. The van der Waals surface area contributed by atoms with Crippen LogP contribution in [0.1, 0.15) is 67.7 Å². The molecule has 2 rings (SSSR count). The van der Waals surface area contributed by atoms with E-state index < -0.39 is 42.0 Å². The molecule has 0 aliphatic carbocycles. The van der Waals surface area contributed by atoms with Gasteiger partial charge in [-0.25, -0.2) is 0 Å². The summed E-state index contributed by atoms with van der Waals surface area (Å²) in [5.41, 5.74) is -1.46. The van der Waals surface area contributed by atoms with Crippen LogP contribution in [-0.4, -0.2) is 113 Å². The van der Waals surface area contributed by atoms with Gasteiger partial charge in [-0.2, -0.15) is 0 Å². The zero-order chi connectivity index (χ0) is 29.1. The molecule has 0 aromatic rings. The van der Waals surface area contributed by atoms with Crippen LogP contribution in [0.15, 0.2) is 0 Å². The zero-order valence-corrected chi connectivity index (χ0v) is 25.0. The van der Waals surface area contributed by atoms with Gasteiger partial charge in [-0.15, -0.1) is 0 Å². The lowest BCUT2D eigenvalue weighted by molar-refractivity contribution is -0.299. The van der Waals surface area contributed by atoms with Gasteiger partial charge in [0, 0.05) is 38.0 Å². The molecular weight excluding hydrogens is 490 g/mol. The van der Waals surface area contributed by atoms with Crippen LogP contribution < -0.4 is 5.32 Å². The van der Waals surface area contributed by atoms with Crippen molar-refractivity contribution < 1.29 is 34.4 Å². The maximum atomic E-state index is 13.2. The minimum Gasteiger partial charge on any atom is -0.392 e. The predicted octanol–water partition coefficient (Wildman–Crippen LogP) is 1.21. The lowest BCUT2D eigenvalue weighted by Gasteiger charge is -2.46. The molecule has 11 atom stereocenters. The zero-order valence-electron chi connectivity index (χ0n) is 25.0. The van der Waals surface area contributed by atoms with E-state index in [1.807, 2.05) is 46.7 Å². The van der Waals surface area contributed by atoms with Crippen molar-refractivity contribution in [1.82, 2.24) is 15.1 Å². The Morgan fingerprint density at radius 2 is 1.74 bits per heavy atom. The van der Waals surface area contributed by atoms with Crippen molar-refractivity contribution in [2.24, 2.45) is 23.7 Å². The number of amides is 2. The van der Waals surface area contributed by atoms with E-state index in [4.69, 9.17) is 9.47 Å². The van der Waals surface area contributed by atoms with Crippen molar-refractivity contribution in [3.63, 3.8) is 0 Å². The third-order valence-corrected chi connectivity index (χ3v) is 8.41. The molecule has 2 heterocycles. The number of aliphatic hydroxyl groups is 3. The summed E-state index contributed by atoms with van der Waals surface area (Å²) in [6, 6.07) is -0.574. The minimum atomic E-state index is -1.46. The van der Waals surface area contributed by atoms with Crippen LogP contribution >= 0.6 is 0 Å². The molecule has 2 aliphatic rings. The third-order valence-electron chi connectivity index (χ3n) is 8.41. The molecule has 0 spiro atoms. The van der Waals surface area contributed by atoms with Gasteiger partial charge in [-0.05, 0) is 52.6 Å². The summed E-state index contributed by atoms with van der Waals surface area (Å²) in [5, 5.41) is 37.2. The summed E-state index contributed by atoms with van der Waals surface area (Å²) in [6.45, 7) is 13.2. The van der Waals surface area contributed by atoms with E-state index >= 15 is 0 Å². The van der Waals surface area contributed by atoms with Crippen molar-refractivity contribution in [1.29, 1.82) is 0 Å². The van der Waals surface area contributed by atoms with Crippen LogP contribution in [0.2, 0.25) is 0 Å². The maximum absolute atomic E-state index is 13.2. The van der Waals surface area contributed by atoms with Crippen LogP contribution in [-0.2, 0) is 19.1 Å². The standard InChI is InChI=1S/C28H53N3O7/c1-15(2)20-12-22(32)31(10)14-16(3)13-28(7,36)25(18(5)23(33)19(6)26(35)29-20)38-27-24(34)21(30(8)9)11-17(4)37-27/h15-21,23-25,27,33-34,36H,11-14H2,1-10H3,(H,29,35)/t16-,17-,18+,19-,20?,21+,23+,24-,25-,27+,28-/m1/s1. The summed E-state index contributed by atoms with van der Waals surface area (Å²) in [4.78, 5) is 29.7. The lowest BCUT2D eigenvalue weighted by Crippen LogP contribution is -2.59. The number of aliphatic hydroxyl groups excluding tert-OH is 2. The Balaban J connectivity index is 2.45. The molecule has 38 heavy (non-hydrogen) atoms. The van der Waals surface area contributed by atoms with Crippen LogP contribution in [0.5, 0.6) is 0 Å². The number of hydrogen-bond donors (Lipinski definition) is 4. The highest BCUT2D eigenvalue weighted by molar-refractivity contribution is 5.81. The van der Waals surface area contributed by atoms with Crippen LogP contribution in [0.3, 0.4) is 0 Å². The molecule has 4 N–H and O–H groups in total. The molecule has 10 heteroatoms. The van der Waals surface area contributed by atoms with Gasteiger partial charge in [0.1, 0.15) is 6.10 Å². The second-order valence-electron chi connectivity index (χ2n) is 12.8. The number of nitrogens with one attached hydrogen (secondary N) is 1. The topological polar surface area (TPSA) is 132 Å². The highest BCUT2D eigenvalue weighted by Gasteiger charge is 2.47. The van der Waals surface area contributed by atoms with E-state index in [9.17, 15) is 24.9 Å². The molecule has 2 aliphatic heterocycles. The van der Waals surface area contributed by atoms with Gasteiger partial charge in [-0.3, -0.25) is 9.59 Å². The number of carbonyl (C=O) groups excluding carboxylic acids is 2. The first-order valence-electron chi connectivity index (χ1n) is 14.1. The minimum absolute atomic E-state index is 0.0248. The first kappa shape index (κ1) is 32.9. The Bertz CT molecular complexity index is 792. The average molecular weight is 544 g/mol. The van der Waals surface area contributed by atoms with Crippen molar-refractivity contribution in [3.8, 4) is 0 Å². The van der Waals surface area contributed by atoms with Gasteiger partial charge >= 0.3 is 0 Å². The van der Waals surface area contributed by atoms with Gasteiger partial charge in [0.2, 0.25) is 11.8 Å². The highest BCUT2D eigenvalue weighted by Crippen LogP contribution is 2.35. The second kappa shape index (κ2) is 13.4. The van der Waals surface area contributed by atoms with Crippen LogP contribution in [0.25, 0.3) is 0 Å². The number of ether oxygens (including phenoxy) is 2. The van der Waals surface area contributed by atoms with E-state index in [2.05, 4.69) is 5.32 Å². The van der Waals surface area contributed by atoms with Crippen molar-refractivity contribution in [2.75, 3.05) is 27.7 Å². The monoisotopic (exact) mass is 543 g/mol. The Morgan fingerprint density at radius 1 is 1.13 bits per heavy atom. The SMILES string of the molecule is CC(C)C1CC(=O)N(C)C[C@H](C)C[C@@](C)(O)[C@H](O[C@@H]2O[C@H](C)C[C@H](N(C)C)[C@H]2O)[C@@H](C)[C@H](O)[C@@H](C)C(=O)N1. The molecular formula is C28H53N3O7. The molecule has 222 valence electrons. The smallest absolute Gasteiger partial charge is 0.225 e. The van der Waals surface area contributed by atoms with Crippen LogP contribution in [0.4, 0.5) is 0 Å². The Morgan fingerprint density at radius 3 is 2.29 bits per heavy atom. The van der Waals surface area contributed by atoms with E-state index in [1.165, 1.54) is 0 Å². The molecule has 2 fully saturated rings. The number of hydrogen-bond acceptors (Lipinski definition) is 8. The van der Waals surface area contributed by atoms with Crippen molar-refractivity contribution >= 4 is 11.8 Å². The summed E-state index contributed by atoms with van der Waals surface area (Å²) >= 11 is 0. The van der Waals surface area contributed by atoms with Crippen LogP contribution in [0, 0.1) is 23.7 Å². The average Bonchev–Trinajstić information content (AvgIpc) is 2.80. The Kier molecular flexibility index (Phi) is 11.6. The number of nitrogens with zero attached hydrogens (tertiary/aromatic N) is 2. The van der Waals surface area contributed by atoms with Gasteiger partial charge in [-0.1, -0.05) is 34.6 Å². The highest BCUT2D eigenvalue weighted by atomic mass is 16.7. The number of carbonyl (C=O) groups is 2. The fourth-order valence-electron chi connectivity index (χ4n) is 5.99. The lowest BCUT2D eigenvalue weighted by atomic mass is 9.77. The molecule has 1 unspecified atom stereocenters. The maximum Gasteiger partial charge on any atom is 0.225 e. The van der Waals surface area contributed by atoms with E-state index in [0.717, 1.165) is 0 Å². The summed E-state index contributed by atoms with van der Waals surface area (Å²) in [6.07, 6.45) is -3.24. The molecule has 0 bridgehead atoms. The first-order valence-corrected chi connectivity index (χ1v) is 14.1. The van der Waals surface area contributed by atoms with E-state index in [1.54, 1.807) is 32.7 Å². The molecule has 2 saturated heterocycles. The fraction of sp³-hybridized carbons (Fsp3) is 0.929. The quantitative estimate of drug-likeness (QED) is 0.416. The third kappa shape index (κ3) is 8.11. The number of likely N-dealkylation sites (N-methyl/N-ethyl adjacent to an activating group) is 1. The second-order valence-corrected chi connectivity index (χ2v) is 12.8. The van der Waals surface area contributed by atoms with Gasteiger partial charge in [0.15, 0.2) is 6.29 Å².